The summed E-state index contributed by atoms with van der Waals surface area (Å²) in [5.41, 5.74) is 0. The van der Waals surface area contributed by atoms with Crippen molar-refractivity contribution in [2.45, 2.75) is 51.6 Å². The molecule has 0 aromatic carbocycles. The van der Waals surface area contributed by atoms with Crippen molar-refractivity contribution in [3.05, 3.63) is 0 Å². The number of rotatable bonds is 1. The standard InChI is InChI=1S/C12H22O/c1-9-6-7-10-4-3-5-12(13-2)11(10)8-9/h9-12H,3-8H2,1-2H3/t9-,10?,11?,12?/m1/s1. The molecule has 0 N–H and O–H groups in total. The quantitative estimate of drug-likeness (QED) is 0.605. The summed E-state index contributed by atoms with van der Waals surface area (Å²) >= 11 is 0. The zero-order valence-corrected chi connectivity index (χ0v) is 8.96. The van der Waals surface area contributed by atoms with Gasteiger partial charge in [0.25, 0.3) is 0 Å². The lowest BCUT2D eigenvalue weighted by molar-refractivity contribution is -0.0307. The lowest BCUT2D eigenvalue weighted by atomic mass is 9.66. The van der Waals surface area contributed by atoms with Gasteiger partial charge in [-0.05, 0) is 43.4 Å². The van der Waals surface area contributed by atoms with Gasteiger partial charge in [0, 0.05) is 7.11 Å². The smallest absolute Gasteiger partial charge is 0.0602 e. The summed E-state index contributed by atoms with van der Waals surface area (Å²) in [5.74, 6) is 2.83. The van der Waals surface area contributed by atoms with Gasteiger partial charge in [0.2, 0.25) is 0 Å². The summed E-state index contributed by atoms with van der Waals surface area (Å²) in [6.45, 7) is 2.40. The van der Waals surface area contributed by atoms with Crippen molar-refractivity contribution in [2.75, 3.05) is 7.11 Å². The molecule has 2 saturated carbocycles. The van der Waals surface area contributed by atoms with E-state index in [0.29, 0.717) is 6.10 Å². The molecule has 0 aliphatic heterocycles. The Kier molecular flexibility index (Phi) is 2.92. The van der Waals surface area contributed by atoms with Gasteiger partial charge in [0.1, 0.15) is 0 Å². The maximum absolute atomic E-state index is 5.61. The van der Waals surface area contributed by atoms with E-state index in [1.807, 2.05) is 7.11 Å². The molecule has 2 aliphatic carbocycles. The Labute approximate surface area is 81.9 Å². The molecule has 0 heterocycles. The van der Waals surface area contributed by atoms with E-state index in [4.69, 9.17) is 4.74 Å². The maximum Gasteiger partial charge on any atom is 0.0602 e. The van der Waals surface area contributed by atoms with Crippen molar-refractivity contribution in [3.63, 3.8) is 0 Å². The third kappa shape index (κ3) is 1.90. The van der Waals surface area contributed by atoms with Gasteiger partial charge < -0.3 is 4.74 Å². The molecule has 2 aliphatic rings. The average Bonchev–Trinajstić information content (AvgIpc) is 2.17. The fraction of sp³-hybridized carbons (Fsp3) is 1.00. The van der Waals surface area contributed by atoms with Crippen LogP contribution in [-0.2, 0) is 4.74 Å². The van der Waals surface area contributed by atoms with Crippen LogP contribution in [0.1, 0.15) is 45.4 Å². The molecular weight excluding hydrogens is 160 g/mol. The molecule has 0 spiro atoms. The summed E-state index contributed by atoms with van der Waals surface area (Å²) in [7, 11) is 1.90. The van der Waals surface area contributed by atoms with E-state index in [1.165, 1.54) is 38.5 Å². The second-order valence-corrected chi connectivity index (χ2v) is 5.05. The maximum atomic E-state index is 5.61. The van der Waals surface area contributed by atoms with Crippen LogP contribution >= 0.6 is 0 Å². The summed E-state index contributed by atoms with van der Waals surface area (Å²) in [6.07, 6.45) is 9.10. The predicted molar refractivity (Wildman–Crippen MR) is 54.6 cm³/mol. The number of ether oxygens (including phenoxy) is 1. The molecule has 13 heavy (non-hydrogen) atoms. The molecule has 0 amide bonds. The number of hydrogen-bond donors (Lipinski definition) is 0. The Bertz CT molecular complexity index is 161. The van der Waals surface area contributed by atoms with Gasteiger partial charge >= 0.3 is 0 Å². The summed E-state index contributed by atoms with van der Waals surface area (Å²) in [4.78, 5) is 0. The van der Waals surface area contributed by atoms with E-state index in [0.717, 1.165) is 17.8 Å². The van der Waals surface area contributed by atoms with Crippen molar-refractivity contribution in [1.82, 2.24) is 0 Å². The Morgan fingerprint density at radius 2 is 1.92 bits per heavy atom. The molecule has 0 radical (unpaired) electrons. The third-order valence-corrected chi connectivity index (χ3v) is 4.15. The zero-order valence-electron chi connectivity index (χ0n) is 8.96. The second kappa shape index (κ2) is 4.00. The van der Waals surface area contributed by atoms with Gasteiger partial charge in [0.05, 0.1) is 6.10 Å². The first-order valence-corrected chi connectivity index (χ1v) is 5.84. The lowest BCUT2D eigenvalue weighted by Crippen LogP contribution is -2.37. The third-order valence-electron chi connectivity index (χ3n) is 4.15. The van der Waals surface area contributed by atoms with E-state index in [1.54, 1.807) is 0 Å². The first kappa shape index (κ1) is 9.51. The van der Waals surface area contributed by atoms with Gasteiger partial charge in [-0.2, -0.15) is 0 Å². The minimum atomic E-state index is 0.585. The highest BCUT2D eigenvalue weighted by Crippen LogP contribution is 2.43. The first-order chi connectivity index (χ1) is 6.31. The van der Waals surface area contributed by atoms with E-state index < -0.39 is 0 Å². The summed E-state index contributed by atoms with van der Waals surface area (Å²) in [5, 5.41) is 0. The summed E-state index contributed by atoms with van der Waals surface area (Å²) < 4.78 is 5.61. The van der Waals surface area contributed by atoms with Crippen LogP contribution in [0.15, 0.2) is 0 Å². The van der Waals surface area contributed by atoms with Crippen LogP contribution in [0.2, 0.25) is 0 Å². The largest absolute Gasteiger partial charge is 0.381 e. The van der Waals surface area contributed by atoms with E-state index in [2.05, 4.69) is 6.92 Å². The van der Waals surface area contributed by atoms with E-state index in [9.17, 15) is 0 Å². The molecule has 76 valence electrons. The van der Waals surface area contributed by atoms with Crippen LogP contribution in [0, 0.1) is 17.8 Å². The van der Waals surface area contributed by atoms with Crippen molar-refractivity contribution in [2.24, 2.45) is 17.8 Å². The van der Waals surface area contributed by atoms with Crippen molar-refractivity contribution in [1.29, 1.82) is 0 Å². The highest BCUT2D eigenvalue weighted by molar-refractivity contribution is 4.87. The molecule has 2 rings (SSSR count). The molecular formula is C12H22O. The Balaban J connectivity index is 2.01. The molecule has 0 aromatic rings. The van der Waals surface area contributed by atoms with E-state index in [-0.39, 0.29) is 0 Å². The number of hydrogen-bond acceptors (Lipinski definition) is 1. The van der Waals surface area contributed by atoms with Crippen LogP contribution in [-0.4, -0.2) is 13.2 Å². The molecule has 0 saturated heterocycles. The molecule has 1 nitrogen and oxygen atoms in total. The SMILES string of the molecule is COC1CCCC2CC[C@@H](C)CC21. The Morgan fingerprint density at radius 3 is 2.69 bits per heavy atom. The van der Waals surface area contributed by atoms with Crippen LogP contribution in [0.4, 0.5) is 0 Å². The number of fused-ring (bicyclic) bond motifs is 1. The monoisotopic (exact) mass is 182 g/mol. The molecule has 4 atom stereocenters. The highest BCUT2D eigenvalue weighted by Gasteiger charge is 2.36. The predicted octanol–water partition coefficient (Wildman–Crippen LogP) is 3.24. The van der Waals surface area contributed by atoms with Crippen molar-refractivity contribution in [3.8, 4) is 0 Å². The topological polar surface area (TPSA) is 9.23 Å². The van der Waals surface area contributed by atoms with Crippen LogP contribution in [0.25, 0.3) is 0 Å². The van der Waals surface area contributed by atoms with Gasteiger partial charge in [-0.3, -0.25) is 0 Å². The van der Waals surface area contributed by atoms with Gasteiger partial charge in [0.15, 0.2) is 0 Å². The molecule has 1 heteroatoms. The van der Waals surface area contributed by atoms with Crippen molar-refractivity contribution >= 4 is 0 Å². The molecule has 3 unspecified atom stereocenters. The van der Waals surface area contributed by atoms with Gasteiger partial charge in [-0.1, -0.05) is 19.8 Å². The second-order valence-electron chi connectivity index (χ2n) is 5.05. The van der Waals surface area contributed by atoms with Crippen LogP contribution < -0.4 is 0 Å². The van der Waals surface area contributed by atoms with Gasteiger partial charge in [-0.25, -0.2) is 0 Å². The average molecular weight is 182 g/mol. The fourth-order valence-corrected chi connectivity index (χ4v) is 3.39. The zero-order chi connectivity index (χ0) is 9.26. The first-order valence-electron chi connectivity index (χ1n) is 5.84. The lowest BCUT2D eigenvalue weighted by Gasteiger charge is -2.42. The molecule has 2 fully saturated rings. The van der Waals surface area contributed by atoms with Crippen LogP contribution in [0.3, 0.4) is 0 Å². The molecule has 0 aromatic heterocycles. The minimum Gasteiger partial charge on any atom is -0.381 e. The van der Waals surface area contributed by atoms with Gasteiger partial charge in [-0.15, -0.1) is 0 Å². The normalized spacial score (nSPS) is 45.7. The Morgan fingerprint density at radius 1 is 1.08 bits per heavy atom. The van der Waals surface area contributed by atoms with Crippen LogP contribution in [0.5, 0.6) is 0 Å². The minimum absolute atomic E-state index is 0.585. The molecule has 0 bridgehead atoms. The fourth-order valence-electron chi connectivity index (χ4n) is 3.39. The van der Waals surface area contributed by atoms with Crippen molar-refractivity contribution < 1.29 is 4.74 Å². The highest BCUT2D eigenvalue weighted by atomic mass is 16.5. The Hall–Kier alpha value is -0.0400. The van der Waals surface area contributed by atoms with E-state index >= 15 is 0 Å². The summed E-state index contributed by atoms with van der Waals surface area (Å²) in [6, 6.07) is 0. The number of methoxy groups -OCH3 is 1.